The van der Waals surface area contributed by atoms with Gasteiger partial charge in [-0.2, -0.15) is 0 Å². The van der Waals surface area contributed by atoms with E-state index >= 15 is 0 Å². The Morgan fingerprint density at radius 3 is 1.68 bits per heavy atom. The van der Waals surface area contributed by atoms with Crippen LogP contribution in [0.3, 0.4) is 0 Å². The molecule has 2 rings (SSSR count). The lowest BCUT2D eigenvalue weighted by atomic mass is 9.85. The number of nitrogens with one attached hydrogen (secondary N) is 4. The third kappa shape index (κ3) is 21.9. The Morgan fingerprint density at radius 2 is 1.20 bits per heavy atom. The van der Waals surface area contributed by atoms with Crippen LogP contribution < -0.4 is 32.7 Å². The number of rotatable bonds is 24. The number of hydrogen-bond acceptors (Lipinski definition) is 10. The van der Waals surface area contributed by atoms with Crippen molar-refractivity contribution in [3.05, 3.63) is 0 Å². The molecule has 0 aromatic carbocycles. The van der Waals surface area contributed by atoms with Crippen LogP contribution in [0.5, 0.6) is 0 Å². The summed E-state index contributed by atoms with van der Waals surface area (Å²) >= 11 is 0. The van der Waals surface area contributed by atoms with E-state index in [-0.39, 0.29) is 79.2 Å². The van der Waals surface area contributed by atoms with Gasteiger partial charge in [-0.15, -0.1) is 0 Å². The van der Waals surface area contributed by atoms with Gasteiger partial charge in [0.15, 0.2) is 8.03 Å². The maximum absolute atomic E-state index is 12.7. The SMILES string of the molecule is CC(C)C[C@@H](NC(=O)[C@@H](N)C(C)C)C(=O)NC[C@@H](O)CP(=O)(O)CC1CCCCC1.CCC(C)C(NC(=O)[C@@H](N)C(C)C)C(=O)NC[C@H](O)CC(C1CCCCC1)[PH](=O)O. The van der Waals surface area contributed by atoms with Crippen molar-refractivity contribution in [2.45, 2.75) is 181 Å². The molecule has 0 aromatic rings. The third-order valence-corrected chi connectivity index (χ3v) is 15.4. The zero-order chi connectivity index (χ0) is 45.7. The quantitative estimate of drug-likeness (QED) is 0.0623. The Balaban J connectivity index is 0.000000600. The molecule has 2 aliphatic rings. The Bertz CT molecular complexity index is 1360. The van der Waals surface area contributed by atoms with Crippen LogP contribution in [0.2, 0.25) is 0 Å². The summed E-state index contributed by atoms with van der Waals surface area (Å²) < 4.78 is 24.4. The van der Waals surface area contributed by atoms with E-state index in [1.165, 1.54) is 6.42 Å². The second kappa shape index (κ2) is 28.7. The average molecular weight is 895 g/mol. The number of amides is 4. The lowest BCUT2D eigenvalue weighted by Crippen LogP contribution is -2.55. The van der Waals surface area contributed by atoms with Crippen LogP contribution in [0.15, 0.2) is 0 Å². The lowest BCUT2D eigenvalue weighted by Gasteiger charge is -2.30. The standard InChI is InChI=1S/2C21H42N3O5P/c1-14(2)10-18(24-21(27)19(22)15(3)4)20(26)23-11-17(25)13-30(28,29)12-16-8-6-5-7-9-16;1-5-14(4)19(24-20(26)18(22)13(2)3)21(27)23-12-16(25)11-17(30(28)29)15-9-7-6-8-10-15/h14-19,25H,5-13,22H2,1-4H3,(H,23,26)(H,24,27)(H,28,29);13-19,25,30H,5-12,22H2,1-4H3,(H,23,27)(H,24,26)(H,28,29)/t17-,18-,19+;14?,16-,17?,18+,19?/m11/s1. The van der Waals surface area contributed by atoms with E-state index in [0.717, 1.165) is 57.8 Å². The van der Waals surface area contributed by atoms with Gasteiger partial charge < -0.3 is 52.7 Å². The van der Waals surface area contributed by atoms with Gasteiger partial charge in [0, 0.05) is 24.9 Å². The van der Waals surface area contributed by atoms with Crippen LogP contribution in [-0.4, -0.2) is 111 Å². The molecule has 4 amide bonds. The highest BCUT2D eigenvalue weighted by atomic mass is 31.2. The number of aliphatic hydroxyl groups is 2. The molecule has 0 radical (unpaired) electrons. The van der Waals surface area contributed by atoms with Crippen molar-refractivity contribution >= 4 is 39.0 Å². The second-order valence-corrected chi connectivity index (χ2v) is 22.5. The molecule has 2 fully saturated rings. The van der Waals surface area contributed by atoms with E-state index in [9.17, 15) is 48.3 Å². The zero-order valence-corrected chi connectivity index (χ0v) is 39.8. The molecule has 0 aliphatic heterocycles. The molecular formula is C42H84N6O10P2. The van der Waals surface area contributed by atoms with Gasteiger partial charge in [-0.3, -0.25) is 28.3 Å². The third-order valence-electron chi connectivity index (χ3n) is 12.0. The van der Waals surface area contributed by atoms with E-state index in [4.69, 9.17) is 11.5 Å². The first-order valence-electron chi connectivity index (χ1n) is 22.6. The highest BCUT2D eigenvalue weighted by Gasteiger charge is 2.33. The van der Waals surface area contributed by atoms with Crippen LogP contribution >= 0.6 is 15.4 Å². The van der Waals surface area contributed by atoms with Gasteiger partial charge >= 0.3 is 0 Å². The van der Waals surface area contributed by atoms with Crippen molar-refractivity contribution in [1.82, 2.24) is 21.3 Å². The van der Waals surface area contributed by atoms with Crippen molar-refractivity contribution in [2.24, 2.45) is 47.0 Å². The largest absolute Gasteiger partial charge is 0.391 e. The minimum Gasteiger partial charge on any atom is -0.391 e. The number of aliphatic hydroxyl groups excluding tert-OH is 2. The summed E-state index contributed by atoms with van der Waals surface area (Å²) in [4.78, 5) is 69.9. The second-order valence-electron chi connectivity index (χ2n) is 18.7. The summed E-state index contributed by atoms with van der Waals surface area (Å²) in [6, 6.07) is -2.92. The van der Waals surface area contributed by atoms with Crippen molar-refractivity contribution < 1.29 is 48.3 Å². The molecule has 18 heteroatoms. The minimum atomic E-state index is -3.46. The van der Waals surface area contributed by atoms with E-state index in [0.29, 0.717) is 12.8 Å². The molecule has 5 unspecified atom stereocenters. The molecule has 0 heterocycles. The normalized spacial score (nSPS) is 20.9. The van der Waals surface area contributed by atoms with Gasteiger partial charge in [0.25, 0.3) is 0 Å². The summed E-state index contributed by atoms with van der Waals surface area (Å²) in [5.41, 5.74) is 11.3. The number of carbonyl (C=O) groups is 4. The molecular weight excluding hydrogens is 810 g/mol. The summed E-state index contributed by atoms with van der Waals surface area (Å²) in [5, 5.41) is 31.4. The van der Waals surface area contributed by atoms with E-state index < -0.39 is 69.2 Å². The Morgan fingerprint density at radius 1 is 0.717 bits per heavy atom. The monoisotopic (exact) mass is 895 g/mol. The number of carbonyl (C=O) groups excluding carboxylic acids is 4. The fraction of sp³-hybridized carbons (Fsp3) is 0.905. The van der Waals surface area contributed by atoms with Gasteiger partial charge in [-0.1, -0.05) is 100 Å². The first-order valence-corrected chi connectivity index (χ1v) is 26.0. The van der Waals surface area contributed by atoms with Crippen molar-refractivity contribution in [1.29, 1.82) is 0 Å². The highest BCUT2D eigenvalue weighted by Crippen LogP contribution is 2.46. The predicted molar refractivity (Wildman–Crippen MR) is 239 cm³/mol. The Labute approximate surface area is 361 Å². The molecule has 0 spiro atoms. The van der Waals surface area contributed by atoms with Gasteiger partial charge in [0.2, 0.25) is 31.0 Å². The molecule has 10 atom stereocenters. The average Bonchev–Trinajstić information content (AvgIpc) is 3.18. The molecule has 2 saturated carbocycles. The van der Waals surface area contributed by atoms with Crippen molar-refractivity contribution in [3.8, 4) is 0 Å². The molecule has 60 heavy (non-hydrogen) atoms. The maximum atomic E-state index is 12.7. The van der Waals surface area contributed by atoms with Crippen LogP contribution in [0, 0.1) is 35.5 Å². The van der Waals surface area contributed by atoms with Crippen molar-refractivity contribution in [3.63, 3.8) is 0 Å². The molecule has 0 bridgehead atoms. The lowest BCUT2D eigenvalue weighted by molar-refractivity contribution is -0.131. The Kier molecular flexibility index (Phi) is 26.9. The molecule has 16 nitrogen and oxygen atoms in total. The predicted octanol–water partition coefficient (Wildman–Crippen LogP) is 3.61. The van der Waals surface area contributed by atoms with E-state index in [1.54, 1.807) is 0 Å². The molecule has 2 aliphatic carbocycles. The van der Waals surface area contributed by atoms with E-state index in [1.807, 2.05) is 55.4 Å². The first kappa shape index (κ1) is 56.1. The Hall–Kier alpha value is -1.90. The summed E-state index contributed by atoms with van der Waals surface area (Å²) in [7, 11) is -6.22. The minimum absolute atomic E-state index is 0.0176. The summed E-state index contributed by atoms with van der Waals surface area (Å²) in [6.45, 7) is 14.9. The van der Waals surface area contributed by atoms with E-state index in [2.05, 4.69) is 21.3 Å². The van der Waals surface area contributed by atoms with Crippen LogP contribution in [0.25, 0.3) is 0 Å². The highest BCUT2D eigenvalue weighted by molar-refractivity contribution is 7.58. The molecule has 352 valence electrons. The molecule has 0 saturated heterocycles. The number of hydrogen-bond donors (Lipinski definition) is 10. The van der Waals surface area contributed by atoms with Crippen LogP contribution in [0.4, 0.5) is 0 Å². The van der Waals surface area contributed by atoms with Gasteiger partial charge in [-0.25, -0.2) is 0 Å². The maximum Gasteiger partial charge on any atom is 0.242 e. The fourth-order valence-electron chi connectivity index (χ4n) is 7.85. The van der Waals surface area contributed by atoms with Crippen LogP contribution in [-0.2, 0) is 28.3 Å². The summed E-state index contributed by atoms with van der Waals surface area (Å²) in [5.74, 6) is -1.21. The van der Waals surface area contributed by atoms with Crippen molar-refractivity contribution in [2.75, 3.05) is 25.4 Å². The topological polar surface area (TPSA) is 284 Å². The number of nitrogens with two attached hydrogens (primary N) is 2. The fourth-order valence-corrected chi connectivity index (χ4v) is 11.2. The molecule has 0 aromatic heterocycles. The van der Waals surface area contributed by atoms with Gasteiger partial charge in [-0.05, 0) is 74.0 Å². The van der Waals surface area contributed by atoms with Gasteiger partial charge in [0.1, 0.15) is 12.1 Å². The smallest absolute Gasteiger partial charge is 0.242 e. The van der Waals surface area contributed by atoms with Gasteiger partial charge in [0.05, 0.1) is 30.5 Å². The summed E-state index contributed by atoms with van der Waals surface area (Å²) in [6.07, 6.45) is 9.67. The first-order chi connectivity index (χ1) is 28.0. The molecule has 12 N–H and O–H groups in total. The zero-order valence-electron chi connectivity index (χ0n) is 37.9. The van der Waals surface area contributed by atoms with Crippen LogP contribution in [0.1, 0.15) is 139 Å².